The fourth-order valence-corrected chi connectivity index (χ4v) is 4.75. The van der Waals surface area contributed by atoms with E-state index in [1.807, 2.05) is 60.7 Å². The SMILES string of the molecule is Cc1ccc2sc(N(Cc3cccnc3)C(=O)c3ccccc3Oc3ccccc3)nc2c1C. The fraction of sp³-hybridized carbons (Fsp3) is 0.107. The molecule has 2 aromatic heterocycles. The van der Waals surface area contributed by atoms with Crippen LogP contribution in [0.3, 0.4) is 0 Å². The second-order valence-corrected chi connectivity index (χ2v) is 9.02. The van der Waals surface area contributed by atoms with E-state index in [2.05, 4.69) is 31.0 Å². The molecule has 0 saturated heterocycles. The number of carbonyl (C=O) groups is 1. The van der Waals surface area contributed by atoms with Crippen LogP contribution in [0.5, 0.6) is 11.5 Å². The average Bonchev–Trinajstić information content (AvgIpc) is 3.31. The van der Waals surface area contributed by atoms with E-state index < -0.39 is 0 Å². The van der Waals surface area contributed by atoms with Crippen LogP contribution in [0, 0.1) is 13.8 Å². The van der Waals surface area contributed by atoms with Gasteiger partial charge in [0.05, 0.1) is 22.3 Å². The molecule has 0 aliphatic rings. The number of thiazole rings is 1. The molecule has 6 heteroatoms. The summed E-state index contributed by atoms with van der Waals surface area (Å²) >= 11 is 1.51. The molecule has 5 nitrogen and oxygen atoms in total. The minimum atomic E-state index is -0.177. The van der Waals surface area contributed by atoms with Gasteiger partial charge in [-0.1, -0.05) is 53.8 Å². The number of ether oxygens (including phenoxy) is 1. The first kappa shape index (κ1) is 21.8. The van der Waals surface area contributed by atoms with Gasteiger partial charge < -0.3 is 4.74 Å². The first-order chi connectivity index (χ1) is 16.6. The van der Waals surface area contributed by atoms with Gasteiger partial charge in [-0.2, -0.15) is 0 Å². The molecule has 34 heavy (non-hydrogen) atoms. The number of rotatable bonds is 6. The Kier molecular flexibility index (Phi) is 6.06. The molecule has 0 atom stereocenters. The molecule has 5 aromatic rings. The van der Waals surface area contributed by atoms with E-state index in [1.165, 1.54) is 16.9 Å². The van der Waals surface area contributed by atoms with Crippen molar-refractivity contribution < 1.29 is 9.53 Å². The quantitative estimate of drug-likeness (QED) is 0.272. The lowest BCUT2D eigenvalue weighted by Gasteiger charge is -2.21. The van der Waals surface area contributed by atoms with E-state index in [-0.39, 0.29) is 5.91 Å². The molecule has 0 unspecified atom stereocenters. The zero-order valence-corrected chi connectivity index (χ0v) is 19.8. The molecular weight excluding hydrogens is 442 g/mol. The first-order valence-electron chi connectivity index (χ1n) is 11.0. The topological polar surface area (TPSA) is 55.3 Å². The van der Waals surface area contributed by atoms with Gasteiger partial charge in [0.25, 0.3) is 5.91 Å². The molecule has 0 fully saturated rings. The van der Waals surface area contributed by atoms with Crippen molar-refractivity contribution in [2.45, 2.75) is 20.4 Å². The van der Waals surface area contributed by atoms with Crippen LogP contribution in [0.15, 0.2) is 91.3 Å². The number of hydrogen-bond donors (Lipinski definition) is 0. The van der Waals surface area contributed by atoms with E-state index in [0.717, 1.165) is 21.3 Å². The number of carbonyl (C=O) groups excluding carboxylic acids is 1. The smallest absolute Gasteiger partial charge is 0.264 e. The van der Waals surface area contributed by atoms with E-state index in [4.69, 9.17) is 9.72 Å². The number of anilines is 1. The van der Waals surface area contributed by atoms with Crippen molar-refractivity contribution >= 4 is 32.6 Å². The Morgan fingerprint density at radius 3 is 2.53 bits per heavy atom. The Hall–Kier alpha value is -4.03. The van der Waals surface area contributed by atoms with Crippen molar-refractivity contribution in [1.82, 2.24) is 9.97 Å². The Balaban J connectivity index is 1.58. The van der Waals surface area contributed by atoms with Gasteiger partial charge in [-0.15, -0.1) is 0 Å². The normalized spacial score (nSPS) is 10.9. The highest BCUT2D eigenvalue weighted by Gasteiger charge is 2.25. The summed E-state index contributed by atoms with van der Waals surface area (Å²) in [6.45, 7) is 4.49. The summed E-state index contributed by atoms with van der Waals surface area (Å²) in [6.07, 6.45) is 3.50. The number of fused-ring (bicyclic) bond motifs is 1. The summed E-state index contributed by atoms with van der Waals surface area (Å²) in [6, 6.07) is 24.8. The third kappa shape index (κ3) is 4.40. The van der Waals surface area contributed by atoms with Crippen LogP contribution in [0.4, 0.5) is 5.13 Å². The predicted molar refractivity (Wildman–Crippen MR) is 137 cm³/mol. The van der Waals surface area contributed by atoms with Crippen LogP contribution in [-0.2, 0) is 6.54 Å². The molecule has 1 amide bonds. The molecule has 0 radical (unpaired) electrons. The molecule has 0 aliphatic heterocycles. The molecule has 0 N–H and O–H groups in total. The van der Waals surface area contributed by atoms with Crippen molar-refractivity contribution in [3.8, 4) is 11.5 Å². The van der Waals surface area contributed by atoms with E-state index in [0.29, 0.717) is 28.7 Å². The number of aryl methyl sites for hydroxylation is 2. The van der Waals surface area contributed by atoms with Crippen LogP contribution < -0.4 is 9.64 Å². The van der Waals surface area contributed by atoms with Gasteiger partial charge in [-0.25, -0.2) is 4.98 Å². The summed E-state index contributed by atoms with van der Waals surface area (Å²) in [5.74, 6) is 1.000. The van der Waals surface area contributed by atoms with Crippen molar-refractivity contribution in [3.63, 3.8) is 0 Å². The average molecular weight is 466 g/mol. The maximum absolute atomic E-state index is 14.0. The third-order valence-corrected chi connectivity index (χ3v) is 6.75. The molecule has 3 aromatic carbocycles. The zero-order chi connectivity index (χ0) is 23.5. The van der Waals surface area contributed by atoms with E-state index in [1.54, 1.807) is 23.4 Å². The van der Waals surface area contributed by atoms with Crippen molar-refractivity contribution in [2.75, 3.05) is 4.90 Å². The van der Waals surface area contributed by atoms with Crippen molar-refractivity contribution in [2.24, 2.45) is 0 Å². The molecule has 2 heterocycles. The lowest BCUT2D eigenvalue weighted by Crippen LogP contribution is -2.30. The summed E-state index contributed by atoms with van der Waals surface area (Å²) in [5.41, 5.74) is 4.63. The maximum atomic E-state index is 14.0. The second kappa shape index (κ2) is 9.45. The van der Waals surface area contributed by atoms with E-state index in [9.17, 15) is 4.79 Å². The highest BCUT2D eigenvalue weighted by molar-refractivity contribution is 7.22. The van der Waals surface area contributed by atoms with Crippen LogP contribution in [0.2, 0.25) is 0 Å². The van der Waals surface area contributed by atoms with Crippen LogP contribution in [0.1, 0.15) is 27.0 Å². The number of hydrogen-bond acceptors (Lipinski definition) is 5. The van der Waals surface area contributed by atoms with Gasteiger partial charge in [0, 0.05) is 12.4 Å². The minimum absolute atomic E-state index is 0.177. The van der Waals surface area contributed by atoms with Gasteiger partial charge in [0.2, 0.25) is 0 Å². The number of aromatic nitrogens is 2. The predicted octanol–water partition coefficient (Wildman–Crippen LogP) is 6.95. The first-order valence-corrected chi connectivity index (χ1v) is 11.8. The van der Waals surface area contributed by atoms with E-state index >= 15 is 0 Å². The van der Waals surface area contributed by atoms with Crippen molar-refractivity contribution in [3.05, 3.63) is 114 Å². The minimum Gasteiger partial charge on any atom is -0.457 e. The molecule has 168 valence electrons. The molecule has 0 bridgehead atoms. The third-order valence-electron chi connectivity index (χ3n) is 5.70. The number of para-hydroxylation sites is 2. The molecule has 0 spiro atoms. The summed E-state index contributed by atoms with van der Waals surface area (Å²) in [5, 5.41) is 0.645. The highest BCUT2D eigenvalue weighted by Crippen LogP contribution is 2.35. The number of amides is 1. The zero-order valence-electron chi connectivity index (χ0n) is 18.9. The van der Waals surface area contributed by atoms with Crippen LogP contribution >= 0.6 is 11.3 Å². The van der Waals surface area contributed by atoms with Gasteiger partial charge in [-0.3, -0.25) is 14.7 Å². The van der Waals surface area contributed by atoms with Crippen LogP contribution in [0.25, 0.3) is 10.2 Å². The summed E-state index contributed by atoms with van der Waals surface area (Å²) in [4.78, 5) is 24.8. The van der Waals surface area contributed by atoms with Gasteiger partial charge in [0.15, 0.2) is 5.13 Å². The fourth-order valence-electron chi connectivity index (χ4n) is 3.72. The van der Waals surface area contributed by atoms with Crippen LogP contribution in [-0.4, -0.2) is 15.9 Å². The number of pyridine rings is 1. The summed E-state index contributed by atoms with van der Waals surface area (Å²) in [7, 11) is 0. The number of nitrogens with zero attached hydrogens (tertiary/aromatic N) is 3. The monoisotopic (exact) mass is 465 g/mol. The van der Waals surface area contributed by atoms with Crippen molar-refractivity contribution in [1.29, 1.82) is 0 Å². The Bertz CT molecular complexity index is 1450. The molecule has 0 aliphatic carbocycles. The molecule has 5 rings (SSSR count). The Morgan fingerprint density at radius 2 is 1.74 bits per heavy atom. The lowest BCUT2D eigenvalue weighted by atomic mass is 10.1. The second-order valence-electron chi connectivity index (χ2n) is 8.01. The van der Waals surface area contributed by atoms with Gasteiger partial charge in [0.1, 0.15) is 11.5 Å². The number of benzene rings is 3. The molecular formula is C28H23N3O2S. The standard InChI is InChI=1S/C28H23N3O2S/c1-19-14-15-25-26(20(19)2)30-28(34-25)31(18-21-9-8-16-29-17-21)27(32)23-12-6-7-13-24(23)33-22-10-4-3-5-11-22/h3-17H,18H2,1-2H3. The highest BCUT2D eigenvalue weighted by atomic mass is 32.1. The summed E-state index contributed by atoms with van der Waals surface area (Å²) < 4.78 is 7.14. The van der Waals surface area contributed by atoms with Gasteiger partial charge >= 0.3 is 0 Å². The largest absolute Gasteiger partial charge is 0.457 e. The van der Waals surface area contributed by atoms with Gasteiger partial charge in [-0.05, 0) is 66.9 Å². The maximum Gasteiger partial charge on any atom is 0.264 e. The Labute approximate surface area is 202 Å². The lowest BCUT2D eigenvalue weighted by molar-refractivity contribution is 0.0983. The molecule has 0 saturated carbocycles. The Morgan fingerprint density at radius 1 is 0.941 bits per heavy atom.